The van der Waals surface area contributed by atoms with E-state index < -0.39 is 59.8 Å². The Balaban J connectivity index is 6.81. The lowest BCUT2D eigenvalue weighted by Crippen LogP contribution is -2.74. The van der Waals surface area contributed by atoms with Crippen molar-refractivity contribution >= 4 is 0 Å². The largest absolute Gasteiger partial charge is 0.460 e. The normalized spacial score (nSPS) is 17.0. The van der Waals surface area contributed by atoms with Crippen molar-refractivity contribution in [2.24, 2.45) is 0 Å². The number of hydrogen-bond acceptors (Lipinski definition) is 0. The van der Waals surface area contributed by atoms with Gasteiger partial charge in [0.25, 0.3) is 0 Å². The van der Waals surface area contributed by atoms with Crippen LogP contribution < -0.4 is 0 Å². The first kappa shape index (κ1) is 27.4. The molecule has 0 nitrogen and oxygen atoms in total. The van der Waals surface area contributed by atoms with E-state index in [-0.39, 0.29) is 0 Å². The van der Waals surface area contributed by atoms with Crippen LogP contribution in [0.2, 0.25) is 0 Å². The molecule has 0 aliphatic carbocycles. The Labute approximate surface area is 144 Å². The number of halogens is 19. The van der Waals surface area contributed by atoms with Crippen molar-refractivity contribution in [3.63, 3.8) is 0 Å². The zero-order chi connectivity index (χ0) is 24.3. The minimum atomic E-state index is -8.83. The first-order chi connectivity index (χ1) is 12.2. The highest BCUT2D eigenvalue weighted by Gasteiger charge is 2.95. The molecule has 0 N–H and O–H groups in total. The molecule has 0 spiro atoms. The molecule has 0 amide bonds. The van der Waals surface area contributed by atoms with Gasteiger partial charge in [-0.2, -0.15) is 74.6 Å². The van der Waals surface area contributed by atoms with Gasteiger partial charge in [-0.1, -0.05) is 0 Å². The second kappa shape index (κ2) is 6.71. The summed E-state index contributed by atoms with van der Waals surface area (Å²) >= 11 is 0. The Morgan fingerprint density at radius 3 is 0.897 bits per heavy atom. The fourth-order valence-electron chi connectivity index (χ4n) is 1.36. The highest BCUT2D eigenvalue weighted by Crippen LogP contribution is 2.64. The highest BCUT2D eigenvalue weighted by atomic mass is 19.4. The predicted molar refractivity (Wildman–Crippen MR) is 49.7 cm³/mol. The van der Waals surface area contributed by atoms with Crippen LogP contribution in [-0.4, -0.2) is 47.6 Å². The Morgan fingerprint density at radius 2 is 0.655 bits per heavy atom. The van der Waals surface area contributed by atoms with Crippen LogP contribution in [0.5, 0.6) is 0 Å². The van der Waals surface area contributed by atoms with Crippen LogP contribution in [-0.2, 0) is 0 Å². The maximum atomic E-state index is 13.0. The van der Waals surface area contributed by atoms with E-state index in [1.807, 2.05) is 0 Å². The fraction of sp³-hybridized carbons (Fsp3) is 0.800. The molecular weight excluding hydrogens is 481 g/mol. The van der Waals surface area contributed by atoms with Crippen LogP contribution in [0.1, 0.15) is 0 Å². The topological polar surface area (TPSA) is 0 Å². The van der Waals surface area contributed by atoms with Crippen molar-refractivity contribution in [1.82, 2.24) is 0 Å². The molecule has 0 bridgehead atoms. The summed E-state index contributed by atoms with van der Waals surface area (Å²) in [4.78, 5) is 0. The molecule has 29 heavy (non-hydrogen) atoms. The number of alkyl halides is 17. The summed E-state index contributed by atoms with van der Waals surface area (Å²) in [6.07, 6.45) is -8.98. The van der Waals surface area contributed by atoms with Gasteiger partial charge in [0.1, 0.15) is 0 Å². The van der Waals surface area contributed by atoms with Crippen molar-refractivity contribution in [1.29, 1.82) is 0 Å². The summed E-state index contributed by atoms with van der Waals surface area (Å²) in [6, 6.07) is 0. The molecule has 0 rings (SSSR count). The molecule has 0 aromatic rings. The summed E-state index contributed by atoms with van der Waals surface area (Å²) < 4.78 is 239. The second-order valence-corrected chi connectivity index (χ2v) is 4.93. The molecule has 1 radical (unpaired) electrons. The summed E-state index contributed by atoms with van der Waals surface area (Å²) in [5.74, 6) is -63.5. The standard InChI is InChI=1S/C10F19/c11-1-2(12)3(13,14)4(15,16)5(17,18)6(19,20)7(21,22)8(23,24)9(25,26)10(27,28)29. The van der Waals surface area contributed by atoms with E-state index in [0.717, 1.165) is 0 Å². The van der Waals surface area contributed by atoms with Gasteiger partial charge in [-0.15, -0.1) is 0 Å². The van der Waals surface area contributed by atoms with Crippen LogP contribution in [0.15, 0.2) is 5.83 Å². The van der Waals surface area contributed by atoms with Gasteiger partial charge in [0.05, 0.1) is 0 Å². The summed E-state index contributed by atoms with van der Waals surface area (Å²) in [7, 11) is 0. The van der Waals surface area contributed by atoms with Crippen LogP contribution in [0.4, 0.5) is 83.4 Å². The van der Waals surface area contributed by atoms with Crippen molar-refractivity contribution in [2.45, 2.75) is 47.6 Å². The minimum Gasteiger partial charge on any atom is -0.201 e. The predicted octanol–water partition coefficient (Wildman–Crippen LogP) is 6.58. The molecule has 0 aliphatic heterocycles. The molecule has 0 unspecified atom stereocenters. The van der Waals surface area contributed by atoms with Crippen LogP contribution in [0, 0.1) is 6.33 Å². The van der Waals surface area contributed by atoms with Crippen LogP contribution in [0.25, 0.3) is 0 Å². The zero-order valence-electron chi connectivity index (χ0n) is 12.2. The van der Waals surface area contributed by atoms with Gasteiger partial charge in [-0.25, -0.2) is 8.78 Å². The maximum Gasteiger partial charge on any atom is 0.460 e. The molecule has 0 aromatic carbocycles. The van der Waals surface area contributed by atoms with E-state index >= 15 is 0 Å². The lowest BCUT2D eigenvalue weighted by molar-refractivity contribution is -0.460. The summed E-state index contributed by atoms with van der Waals surface area (Å²) in [5, 5.41) is 0. The zero-order valence-corrected chi connectivity index (χ0v) is 12.2. The van der Waals surface area contributed by atoms with Gasteiger partial charge in [-0.05, 0) is 0 Å². The van der Waals surface area contributed by atoms with Crippen molar-refractivity contribution in [2.75, 3.05) is 0 Å². The van der Waals surface area contributed by atoms with Gasteiger partial charge in [0.15, 0.2) is 6.33 Å². The van der Waals surface area contributed by atoms with Gasteiger partial charge < -0.3 is 0 Å². The molecule has 0 saturated carbocycles. The molecule has 0 fully saturated rings. The third-order valence-electron chi connectivity index (χ3n) is 3.08. The fourth-order valence-corrected chi connectivity index (χ4v) is 1.36. The molecule has 0 aromatic heterocycles. The average molecular weight is 481 g/mol. The van der Waals surface area contributed by atoms with E-state index in [1.54, 1.807) is 0 Å². The van der Waals surface area contributed by atoms with Crippen molar-refractivity contribution in [3.8, 4) is 0 Å². The average Bonchev–Trinajstić information content (AvgIpc) is 2.51. The minimum absolute atomic E-state index is 1.11. The lowest BCUT2D eigenvalue weighted by Gasteiger charge is -2.42. The molecule has 0 atom stereocenters. The van der Waals surface area contributed by atoms with E-state index in [2.05, 4.69) is 0 Å². The number of rotatable bonds is 7. The van der Waals surface area contributed by atoms with Gasteiger partial charge in [0, 0.05) is 0 Å². The van der Waals surface area contributed by atoms with Crippen LogP contribution >= 0.6 is 0 Å². The maximum absolute atomic E-state index is 13.0. The third kappa shape index (κ3) is 3.27. The third-order valence-corrected chi connectivity index (χ3v) is 3.08. The Hall–Kier alpha value is -1.59. The quantitative estimate of drug-likeness (QED) is 0.361. The molecular formula is C10F19. The number of hydrogen-bond donors (Lipinski definition) is 0. The smallest absolute Gasteiger partial charge is 0.201 e. The first-order valence-electron chi connectivity index (χ1n) is 5.84. The molecule has 19 heteroatoms. The Morgan fingerprint density at radius 1 is 0.414 bits per heavy atom. The van der Waals surface area contributed by atoms with Gasteiger partial charge in [0.2, 0.25) is 5.83 Å². The monoisotopic (exact) mass is 481 g/mol. The lowest BCUT2D eigenvalue weighted by atomic mass is 9.89. The van der Waals surface area contributed by atoms with Gasteiger partial charge in [-0.3, -0.25) is 0 Å². The second-order valence-electron chi connectivity index (χ2n) is 4.93. The van der Waals surface area contributed by atoms with E-state index in [9.17, 15) is 83.4 Å². The summed E-state index contributed by atoms with van der Waals surface area (Å²) in [6.45, 7) is 0. The van der Waals surface area contributed by atoms with E-state index in [4.69, 9.17) is 0 Å². The first-order valence-corrected chi connectivity index (χ1v) is 5.84. The SMILES string of the molecule is F/[C]=C(\F)C(F)(F)C(F)(F)C(F)(F)C(F)(F)C(F)(F)C(F)(F)C(F)(F)C(F)(F)F. The Kier molecular flexibility index (Phi) is 6.34. The number of allylic oxidation sites excluding steroid dienone is 1. The Bertz CT molecular complexity index is 634. The van der Waals surface area contributed by atoms with Crippen LogP contribution in [0.3, 0.4) is 0 Å². The highest BCUT2D eigenvalue weighted by molar-refractivity contribution is 5.19. The molecule has 0 saturated heterocycles. The van der Waals surface area contributed by atoms with Crippen molar-refractivity contribution < 1.29 is 83.4 Å². The molecule has 173 valence electrons. The summed E-state index contributed by atoms with van der Waals surface area (Å²) in [5.41, 5.74) is 0. The van der Waals surface area contributed by atoms with E-state index in [1.165, 1.54) is 0 Å². The molecule has 0 heterocycles. The van der Waals surface area contributed by atoms with Crippen molar-refractivity contribution in [3.05, 3.63) is 12.2 Å². The molecule has 0 aliphatic rings. The van der Waals surface area contributed by atoms with E-state index in [0.29, 0.717) is 0 Å². The van der Waals surface area contributed by atoms with Gasteiger partial charge >= 0.3 is 47.6 Å².